The van der Waals surface area contributed by atoms with Gasteiger partial charge in [0.2, 0.25) is 0 Å². The molecule has 0 aliphatic rings. The van der Waals surface area contributed by atoms with Crippen LogP contribution in [0.5, 0.6) is 0 Å². The zero-order valence-corrected chi connectivity index (χ0v) is 8.80. The largest absolute Gasteiger partial charge is 0.500 e. The molecule has 0 aromatic rings. The van der Waals surface area contributed by atoms with Gasteiger partial charge >= 0.3 is 0 Å². The maximum absolute atomic E-state index is 8.65. The van der Waals surface area contributed by atoms with Crippen molar-refractivity contribution in [1.29, 1.82) is 5.26 Å². The van der Waals surface area contributed by atoms with E-state index in [9.17, 15) is 0 Å². The third-order valence-electron chi connectivity index (χ3n) is 0.984. The summed E-state index contributed by atoms with van der Waals surface area (Å²) < 4.78 is 5.57. The van der Waals surface area contributed by atoms with Crippen LogP contribution in [-0.2, 0) is 4.74 Å². The van der Waals surface area contributed by atoms with E-state index in [4.69, 9.17) is 22.2 Å². The van der Waals surface area contributed by atoms with Crippen LogP contribution in [0.4, 0.5) is 0 Å². The number of thioether (sulfide) groups is 1. The third-order valence-corrected chi connectivity index (χ3v) is 2.33. The summed E-state index contributed by atoms with van der Waals surface area (Å²) in [5.41, 5.74) is 0.443. The van der Waals surface area contributed by atoms with Crippen LogP contribution in [-0.4, -0.2) is 16.6 Å². The first kappa shape index (κ1) is 11.5. The maximum atomic E-state index is 8.65. The van der Waals surface area contributed by atoms with Crippen molar-refractivity contribution in [3.8, 4) is 6.07 Å². The van der Waals surface area contributed by atoms with Crippen molar-refractivity contribution in [3.63, 3.8) is 0 Å². The molecule has 4 heteroatoms. The smallest absolute Gasteiger partial charge is 0.111 e. The highest BCUT2D eigenvalue weighted by molar-refractivity contribution is 8.23. The van der Waals surface area contributed by atoms with E-state index in [1.165, 1.54) is 18.0 Å². The molecule has 0 unspecified atom stereocenters. The fourth-order valence-corrected chi connectivity index (χ4v) is 1.45. The number of nitrogens with zero attached hydrogens (tertiary/aromatic N) is 1. The minimum atomic E-state index is 0.443. The summed E-state index contributed by atoms with van der Waals surface area (Å²) in [5, 5.41) is 8.65. The SMILES string of the molecule is CCOC=C(C#N)C(=S)SCC. The number of hydrogen-bond donors (Lipinski definition) is 0. The van der Waals surface area contributed by atoms with E-state index in [0.29, 0.717) is 16.4 Å². The van der Waals surface area contributed by atoms with Crippen molar-refractivity contribution in [2.45, 2.75) is 13.8 Å². The molecule has 0 spiro atoms. The second kappa shape index (κ2) is 7.14. The van der Waals surface area contributed by atoms with Gasteiger partial charge in [-0.25, -0.2) is 0 Å². The van der Waals surface area contributed by atoms with E-state index in [2.05, 4.69) is 0 Å². The summed E-state index contributed by atoms with van der Waals surface area (Å²) in [6, 6.07) is 2.00. The summed E-state index contributed by atoms with van der Waals surface area (Å²) >= 11 is 6.45. The normalized spacial score (nSPS) is 10.6. The second-order valence-corrected chi connectivity index (χ2v) is 3.76. The molecule has 0 saturated carbocycles. The molecule has 0 aromatic carbocycles. The topological polar surface area (TPSA) is 33.0 Å². The molecular formula is C8H11NOS2. The molecule has 0 aliphatic carbocycles. The Morgan fingerprint density at radius 3 is 2.75 bits per heavy atom. The number of rotatable bonds is 4. The Morgan fingerprint density at radius 1 is 1.67 bits per heavy atom. The molecule has 0 radical (unpaired) electrons. The molecule has 0 N–H and O–H groups in total. The van der Waals surface area contributed by atoms with E-state index in [1.54, 1.807) is 0 Å². The van der Waals surface area contributed by atoms with Crippen molar-refractivity contribution in [1.82, 2.24) is 0 Å². The van der Waals surface area contributed by atoms with Crippen LogP contribution >= 0.6 is 24.0 Å². The lowest BCUT2D eigenvalue weighted by molar-refractivity contribution is 0.268. The first-order chi connectivity index (χ1) is 5.76. The van der Waals surface area contributed by atoms with E-state index in [1.807, 2.05) is 19.9 Å². The van der Waals surface area contributed by atoms with E-state index < -0.39 is 0 Å². The Kier molecular flexibility index (Phi) is 6.82. The molecular weight excluding hydrogens is 190 g/mol. The molecule has 0 rings (SSSR count). The van der Waals surface area contributed by atoms with Gasteiger partial charge in [0.15, 0.2) is 0 Å². The number of hydrogen-bond acceptors (Lipinski definition) is 4. The van der Waals surface area contributed by atoms with Crippen molar-refractivity contribution >= 4 is 28.2 Å². The highest BCUT2D eigenvalue weighted by atomic mass is 32.2. The molecule has 0 amide bonds. The van der Waals surface area contributed by atoms with Crippen LogP contribution in [0.2, 0.25) is 0 Å². The first-order valence-electron chi connectivity index (χ1n) is 3.65. The molecule has 0 saturated heterocycles. The van der Waals surface area contributed by atoms with Gasteiger partial charge in [0.1, 0.15) is 17.9 Å². The Balaban J connectivity index is 4.16. The van der Waals surface area contributed by atoms with Gasteiger partial charge in [-0.1, -0.05) is 19.1 Å². The Morgan fingerprint density at radius 2 is 2.33 bits per heavy atom. The quantitative estimate of drug-likeness (QED) is 0.303. The lowest BCUT2D eigenvalue weighted by atomic mass is 10.4. The first-order valence-corrected chi connectivity index (χ1v) is 5.04. The number of ether oxygens (including phenoxy) is 1. The standard InChI is InChI=1S/C8H11NOS2/c1-3-10-6-7(5-9)8(11)12-4-2/h6H,3-4H2,1-2H3. The predicted molar refractivity (Wildman–Crippen MR) is 56.1 cm³/mol. The average Bonchev–Trinajstić information content (AvgIpc) is 2.06. The van der Waals surface area contributed by atoms with Gasteiger partial charge in [-0.3, -0.25) is 0 Å². The van der Waals surface area contributed by atoms with Gasteiger partial charge in [-0.05, 0) is 12.7 Å². The van der Waals surface area contributed by atoms with E-state index in [0.717, 1.165) is 5.75 Å². The molecule has 0 aliphatic heterocycles. The van der Waals surface area contributed by atoms with Gasteiger partial charge in [0.25, 0.3) is 0 Å². The minimum Gasteiger partial charge on any atom is -0.500 e. The summed E-state index contributed by atoms with van der Waals surface area (Å²) in [7, 11) is 0. The van der Waals surface area contributed by atoms with E-state index >= 15 is 0 Å². The number of thiocarbonyl (C=S) groups is 1. The summed E-state index contributed by atoms with van der Waals surface area (Å²) in [6.07, 6.45) is 1.42. The van der Waals surface area contributed by atoms with E-state index in [-0.39, 0.29) is 0 Å². The molecule has 66 valence electrons. The Labute approximate surface area is 82.6 Å². The molecule has 12 heavy (non-hydrogen) atoms. The fourth-order valence-electron chi connectivity index (χ4n) is 0.496. The minimum absolute atomic E-state index is 0.443. The van der Waals surface area contributed by atoms with Gasteiger partial charge in [-0.15, -0.1) is 11.8 Å². The Hall–Kier alpha value is -0.530. The predicted octanol–water partition coefficient (Wildman–Crippen LogP) is 2.51. The molecule has 0 aromatic heterocycles. The summed E-state index contributed by atoms with van der Waals surface area (Å²) in [4.78, 5) is 0. The molecule has 0 fully saturated rings. The highest BCUT2D eigenvalue weighted by Crippen LogP contribution is 2.11. The van der Waals surface area contributed by atoms with Gasteiger partial charge in [0, 0.05) is 0 Å². The third kappa shape index (κ3) is 4.37. The molecule has 0 bridgehead atoms. The maximum Gasteiger partial charge on any atom is 0.111 e. The van der Waals surface area contributed by atoms with Crippen molar-refractivity contribution in [2.24, 2.45) is 0 Å². The highest BCUT2D eigenvalue weighted by Gasteiger charge is 2.03. The average molecular weight is 201 g/mol. The van der Waals surface area contributed by atoms with Crippen LogP contribution in [0.3, 0.4) is 0 Å². The molecule has 0 atom stereocenters. The second-order valence-electron chi connectivity index (χ2n) is 1.82. The van der Waals surface area contributed by atoms with Crippen LogP contribution in [0, 0.1) is 11.3 Å². The van der Waals surface area contributed by atoms with Crippen molar-refractivity contribution in [2.75, 3.05) is 12.4 Å². The Bertz CT molecular complexity index is 218. The van der Waals surface area contributed by atoms with Crippen LogP contribution < -0.4 is 0 Å². The molecule has 2 nitrogen and oxygen atoms in total. The van der Waals surface area contributed by atoms with Gasteiger partial charge in [-0.2, -0.15) is 5.26 Å². The van der Waals surface area contributed by atoms with Crippen LogP contribution in [0.25, 0.3) is 0 Å². The zero-order chi connectivity index (χ0) is 9.40. The van der Waals surface area contributed by atoms with Crippen molar-refractivity contribution in [3.05, 3.63) is 11.8 Å². The fraction of sp³-hybridized carbons (Fsp3) is 0.500. The summed E-state index contributed by atoms with van der Waals surface area (Å²) in [6.45, 7) is 4.42. The van der Waals surface area contributed by atoms with Crippen molar-refractivity contribution < 1.29 is 4.74 Å². The van der Waals surface area contributed by atoms with Crippen LogP contribution in [0.15, 0.2) is 11.8 Å². The van der Waals surface area contributed by atoms with Gasteiger partial charge in [0.05, 0.1) is 10.8 Å². The summed E-state index contributed by atoms with van der Waals surface area (Å²) in [5.74, 6) is 0.879. The zero-order valence-electron chi connectivity index (χ0n) is 7.16. The number of nitriles is 1. The van der Waals surface area contributed by atoms with Crippen LogP contribution in [0.1, 0.15) is 13.8 Å². The molecule has 0 heterocycles. The lowest BCUT2D eigenvalue weighted by Crippen LogP contribution is -1.94. The van der Waals surface area contributed by atoms with Gasteiger partial charge < -0.3 is 4.74 Å². The monoisotopic (exact) mass is 201 g/mol. The lowest BCUT2D eigenvalue weighted by Gasteiger charge is -1.99.